The van der Waals surface area contributed by atoms with Gasteiger partial charge < -0.3 is 4.74 Å². The van der Waals surface area contributed by atoms with Crippen molar-refractivity contribution in [2.45, 2.75) is 34.1 Å². The summed E-state index contributed by atoms with van der Waals surface area (Å²) in [5.41, 5.74) is 2.11. The number of rotatable bonds is 1. The summed E-state index contributed by atoms with van der Waals surface area (Å²) in [5, 5.41) is 0. The van der Waals surface area contributed by atoms with Gasteiger partial charge in [0.05, 0.1) is 7.11 Å². The standard InChI is InChI=1S/C12H20O2/c1-7-6-8(2)11(12(13)14-5)10(4)9(7)3/h7-9H,6H2,1-5H3. The third-order valence-electron chi connectivity index (χ3n) is 3.58. The molecule has 0 fully saturated rings. The average Bonchev–Trinajstić information content (AvgIpc) is 2.14. The Balaban J connectivity index is 3.04. The topological polar surface area (TPSA) is 26.3 Å². The Bertz CT molecular complexity index is 265. The van der Waals surface area contributed by atoms with Gasteiger partial charge in [0, 0.05) is 5.57 Å². The number of methoxy groups -OCH3 is 1. The lowest BCUT2D eigenvalue weighted by Crippen LogP contribution is -2.26. The number of ether oxygens (including phenoxy) is 1. The molecule has 14 heavy (non-hydrogen) atoms. The van der Waals surface area contributed by atoms with Crippen LogP contribution in [0.5, 0.6) is 0 Å². The molecule has 2 nitrogen and oxygen atoms in total. The highest BCUT2D eigenvalue weighted by Gasteiger charge is 2.31. The zero-order valence-electron chi connectivity index (χ0n) is 9.76. The molecule has 1 rings (SSSR count). The molecule has 0 aromatic heterocycles. The molecule has 0 N–H and O–H groups in total. The molecule has 1 aliphatic carbocycles. The minimum absolute atomic E-state index is 0.145. The fourth-order valence-corrected chi connectivity index (χ4v) is 2.41. The maximum Gasteiger partial charge on any atom is 0.333 e. The molecular formula is C12H20O2. The Morgan fingerprint density at radius 3 is 2.43 bits per heavy atom. The van der Waals surface area contributed by atoms with E-state index in [0.717, 1.165) is 12.0 Å². The highest BCUT2D eigenvalue weighted by Crippen LogP contribution is 2.37. The lowest BCUT2D eigenvalue weighted by molar-refractivity contribution is -0.137. The third kappa shape index (κ3) is 1.84. The molecule has 80 valence electrons. The number of esters is 1. The normalized spacial score (nSPS) is 33.1. The second-order valence-electron chi connectivity index (χ2n) is 4.49. The maximum atomic E-state index is 11.6. The second kappa shape index (κ2) is 4.16. The van der Waals surface area contributed by atoms with Crippen molar-refractivity contribution in [2.75, 3.05) is 7.11 Å². The molecule has 0 aromatic carbocycles. The van der Waals surface area contributed by atoms with Crippen LogP contribution in [0.2, 0.25) is 0 Å². The molecule has 0 amide bonds. The van der Waals surface area contributed by atoms with Crippen molar-refractivity contribution < 1.29 is 9.53 Å². The van der Waals surface area contributed by atoms with Crippen molar-refractivity contribution in [3.63, 3.8) is 0 Å². The van der Waals surface area contributed by atoms with Crippen molar-refractivity contribution in [3.8, 4) is 0 Å². The summed E-state index contributed by atoms with van der Waals surface area (Å²) in [6.07, 6.45) is 1.09. The van der Waals surface area contributed by atoms with E-state index in [2.05, 4.69) is 27.7 Å². The Labute approximate surface area is 86.3 Å². The van der Waals surface area contributed by atoms with E-state index < -0.39 is 0 Å². The number of carbonyl (C=O) groups excluding carboxylic acids is 1. The van der Waals surface area contributed by atoms with Crippen LogP contribution in [-0.2, 0) is 9.53 Å². The van der Waals surface area contributed by atoms with Crippen molar-refractivity contribution in [2.24, 2.45) is 17.8 Å². The van der Waals surface area contributed by atoms with E-state index in [-0.39, 0.29) is 5.97 Å². The first-order chi connectivity index (χ1) is 6.49. The molecule has 0 saturated carbocycles. The first kappa shape index (κ1) is 11.3. The van der Waals surface area contributed by atoms with Crippen LogP contribution in [0, 0.1) is 17.8 Å². The van der Waals surface area contributed by atoms with Gasteiger partial charge in [-0.05, 0) is 31.1 Å². The first-order valence-corrected chi connectivity index (χ1v) is 5.28. The van der Waals surface area contributed by atoms with Gasteiger partial charge in [-0.15, -0.1) is 0 Å². The molecule has 0 radical (unpaired) electrons. The summed E-state index contributed by atoms with van der Waals surface area (Å²) < 4.78 is 4.82. The Hall–Kier alpha value is -0.790. The lowest BCUT2D eigenvalue weighted by Gasteiger charge is -2.32. The predicted octanol–water partition coefficient (Wildman–Crippen LogP) is 2.79. The molecular weight excluding hydrogens is 176 g/mol. The number of hydrogen-bond acceptors (Lipinski definition) is 2. The SMILES string of the molecule is COC(=O)C1=C(C)C(C)C(C)CC1C. The molecule has 0 aliphatic heterocycles. The maximum absolute atomic E-state index is 11.6. The van der Waals surface area contributed by atoms with Crippen LogP contribution >= 0.6 is 0 Å². The van der Waals surface area contributed by atoms with E-state index in [1.54, 1.807) is 0 Å². The zero-order valence-corrected chi connectivity index (χ0v) is 9.76. The molecule has 2 heteroatoms. The van der Waals surface area contributed by atoms with E-state index in [4.69, 9.17) is 4.74 Å². The van der Waals surface area contributed by atoms with E-state index >= 15 is 0 Å². The van der Waals surface area contributed by atoms with Gasteiger partial charge in [0.15, 0.2) is 0 Å². The predicted molar refractivity (Wildman–Crippen MR) is 56.8 cm³/mol. The monoisotopic (exact) mass is 196 g/mol. The van der Waals surface area contributed by atoms with Crippen molar-refractivity contribution in [3.05, 3.63) is 11.1 Å². The fraction of sp³-hybridized carbons (Fsp3) is 0.750. The minimum Gasteiger partial charge on any atom is -0.466 e. The molecule has 0 aromatic rings. The lowest BCUT2D eigenvalue weighted by atomic mass is 9.73. The molecule has 1 aliphatic rings. The number of allylic oxidation sites excluding steroid dienone is 1. The second-order valence-corrected chi connectivity index (χ2v) is 4.49. The zero-order chi connectivity index (χ0) is 10.9. The van der Waals surface area contributed by atoms with Gasteiger partial charge >= 0.3 is 5.97 Å². The molecule has 0 saturated heterocycles. The summed E-state index contributed by atoms with van der Waals surface area (Å²) in [7, 11) is 1.46. The largest absolute Gasteiger partial charge is 0.466 e. The highest BCUT2D eigenvalue weighted by molar-refractivity contribution is 5.90. The quantitative estimate of drug-likeness (QED) is 0.603. The van der Waals surface area contributed by atoms with E-state index in [1.165, 1.54) is 12.7 Å². The van der Waals surface area contributed by atoms with Crippen molar-refractivity contribution in [1.29, 1.82) is 0 Å². The van der Waals surface area contributed by atoms with Crippen LogP contribution in [0.3, 0.4) is 0 Å². The average molecular weight is 196 g/mol. The van der Waals surface area contributed by atoms with Gasteiger partial charge in [0.1, 0.15) is 0 Å². The molecule has 3 unspecified atom stereocenters. The van der Waals surface area contributed by atoms with Crippen LogP contribution in [0.15, 0.2) is 11.1 Å². The van der Waals surface area contributed by atoms with Crippen LogP contribution in [-0.4, -0.2) is 13.1 Å². The van der Waals surface area contributed by atoms with Gasteiger partial charge in [-0.3, -0.25) is 0 Å². The summed E-state index contributed by atoms with van der Waals surface area (Å²) in [5.74, 6) is 1.36. The van der Waals surface area contributed by atoms with Crippen LogP contribution in [0.1, 0.15) is 34.1 Å². The Morgan fingerprint density at radius 1 is 1.36 bits per heavy atom. The summed E-state index contributed by atoms with van der Waals surface area (Å²) in [4.78, 5) is 11.6. The van der Waals surface area contributed by atoms with Crippen LogP contribution in [0.4, 0.5) is 0 Å². The van der Waals surface area contributed by atoms with E-state index in [9.17, 15) is 4.79 Å². The Morgan fingerprint density at radius 2 is 1.93 bits per heavy atom. The molecule has 3 atom stereocenters. The summed E-state index contributed by atoms with van der Waals surface area (Å²) in [6, 6.07) is 0. The number of carbonyl (C=O) groups is 1. The van der Waals surface area contributed by atoms with E-state index in [0.29, 0.717) is 17.8 Å². The van der Waals surface area contributed by atoms with Crippen LogP contribution in [0.25, 0.3) is 0 Å². The summed E-state index contributed by atoms with van der Waals surface area (Å²) in [6.45, 7) is 8.61. The molecule has 0 heterocycles. The molecule has 0 spiro atoms. The van der Waals surface area contributed by atoms with E-state index in [1.807, 2.05) is 0 Å². The van der Waals surface area contributed by atoms with Crippen molar-refractivity contribution >= 4 is 5.97 Å². The first-order valence-electron chi connectivity index (χ1n) is 5.28. The highest BCUT2D eigenvalue weighted by atomic mass is 16.5. The third-order valence-corrected chi connectivity index (χ3v) is 3.58. The fourth-order valence-electron chi connectivity index (χ4n) is 2.41. The van der Waals surface area contributed by atoms with Gasteiger partial charge in [-0.1, -0.05) is 26.3 Å². The number of hydrogen-bond donors (Lipinski definition) is 0. The van der Waals surface area contributed by atoms with Crippen LogP contribution < -0.4 is 0 Å². The van der Waals surface area contributed by atoms with Gasteiger partial charge in [0.25, 0.3) is 0 Å². The summed E-state index contributed by atoms with van der Waals surface area (Å²) >= 11 is 0. The molecule has 0 bridgehead atoms. The van der Waals surface area contributed by atoms with Gasteiger partial charge in [-0.2, -0.15) is 0 Å². The minimum atomic E-state index is -0.145. The van der Waals surface area contributed by atoms with Gasteiger partial charge in [0.2, 0.25) is 0 Å². The van der Waals surface area contributed by atoms with Gasteiger partial charge in [-0.25, -0.2) is 4.79 Å². The van der Waals surface area contributed by atoms with Crippen molar-refractivity contribution in [1.82, 2.24) is 0 Å². The Kier molecular flexibility index (Phi) is 3.35. The smallest absolute Gasteiger partial charge is 0.333 e.